The molecular formula is C10H8BrNO3. The highest BCUT2D eigenvalue weighted by molar-refractivity contribution is 9.09. The third-order valence-electron chi connectivity index (χ3n) is 2.06. The van der Waals surface area contributed by atoms with Crippen LogP contribution in [0.15, 0.2) is 27.4 Å². The molecule has 0 aliphatic rings. The standard InChI is InChI=1S/C10H8BrNO3/c11-4-3-8(13)6-1-2-7-9(5-6)15-10(14)12-7/h1-2,5H,3-4H2,(H,12,14). The molecule has 1 N–H and O–H groups in total. The summed E-state index contributed by atoms with van der Waals surface area (Å²) in [7, 11) is 0. The van der Waals surface area contributed by atoms with Crippen molar-refractivity contribution in [2.45, 2.75) is 6.42 Å². The molecule has 2 aromatic rings. The van der Waals surface area contributed by atoms with Gasteiger partial charge in [-0.15, -0.1) is 0 Å². The Morgan fingerprint density at radius 2 is 2.27 bits per heavy atom. The number of halogens is 1. The van der Waals surface area contributed by atoms with Crippen molar-refractivity contribution in [3.8, 4) is 0 Å². The van der Waals surface area contributed by atoms with E-state index < -0.39 is 5.76 Å². The molecule has 1 aromatic heterocycles. The van der Waals surface area contributed by atoms with E-state index in [-0.39, 0.29) is 5.78 Å². The van der Waals surface area contributed by atoms with Gasteiger partial charge in [-0.1, -0.05) is 15.9 Å². The van der Waals surface area contributed by atoms with Gasteiger partial charge in [0.05, 0.1) is 5.52 Å². The number of nitrogens with one attached hydrogen (secondary N) is 1. The van der Waals surface area contributed by atoms with Gasteiger partial charge in [0.2, 0.25) is 0 Å². The van der Waals surface area contributed by atoms with E-state index in [0.717, 1.165) is 0 Å². The van der Waals surface area contributed by atoms with Crippen LogP contribution in [0.5, 0.6) is 0 Å². The monoisotopic (exact) mass is 269 g/mol. The van der Waals surface area contributed by atoms with Gasteiger partial charge in [-0.05, 0) is 18.2 Å². The first-order valence-electron chi connectivity index (χ1n) is 4.43. The largest absolute Gasteiger partial charge is 0.417 e. The Kier molecular flexibility index (Phi) is 2.73. The molecular weight excluding hydrogens is 262 g/mol. The maximum absolute atomic E-state index is 11.5. The molecule has 2 rings (SSSR count). The van der Waals surface area contributed by atoms with Crippen LogP contribution in [0.3, 0.4) is 0 Å². The normalized spacial score (nSPS) is 10.7. The summed E-state index contributed by atoms with van der Waals surface area (Å²) in [4.78, 5) is 24.9. The van der Waals surface area contributed by atoms with Crippen molar-refractivity contribution in [1.82, 2.24) is 4.98 Å². The number of rotatable bonds is 3. The molecule has 0 amide bonds. The first kappa shape index (κ1) is 10.2. The van der Waals surface area contributed by atoms with Crippen molar-refractivity contribution >= 4 is 32.8 Å². The molecule has 0 unspecified atom stereocenters. The van der Waals surface area contributed by atoms with E-state index in [4.69, 9.17) is 4.42 Å². The molecule has 0 fully saturated rings. The number of fused-ring (bicyclic) bond motifs is 1. The number of carbonyl (C=O) groups is 1. The molecule has 0 aliphatic carbocycles. The van der Waals surface area contributed by atoms with Gasteiger partial charge in [0.1, 0.15) is 0 Å². The second kappa shape index (κ2) is 4.02. The van der Waals surface area contributed by atoms with Crippen molar-refractivity contribution < 1.29 is 9.21 Å². The zero-order valence-electron chi connectivity index (χ0n) is 7.75. The number of Topliss-reactive ketones (excluding diaryl/α,β-unsaturated/α-hetero) is 1. The number of aromatic amines is 1. The molecule has 0 bridgehead atoms. The number of alkyl halides is 1. The molecule has 78 valence electrons. The average Bonchev–Trinajstić information content (AvgIpc) is 2.57. The lowest BCUT2D eigenvalue weighted by Crippen LogP contribution is -1.98. The molecule has 15 heavy (non-hydrogen) atoms. The Labute approximate surface area is 93.4 Å². The first-order valence-corrected chi connectivity index (χ1v) is 5.55. The number of hydrogen-bond acceptors (Lipinski definition) is 3. The molecule has 1 aromatic carbocycles. The lowest BCUT2D eigenvalue weighted by atomic mass is 10.1. The van der Waals surface area contributed by atoms with Crippen LogP contribution < -0.4 is 5.76 Å². The number of aromatic nitrogens is 1. The smallest absolute Gasteiger partial charge is 0.408 e. The van der Waals surface area contributed by atoms with E-state index in [2.05, 4.69) is 20.9 Å². The van der Waals surface area contributed by atoms with Gasteiger partial charge < -0.3 is 4.42 Å². The van der Waals surface area contributed by atoms with Crippen LogP contribution in [0, 0.1) is 0 Å². The fourth-order valence-electron chi connectivity index (χ4n) is 1.35. The van der Waals surface area contributed by atoms with Gasteiger partial charge in [0.15, 0.2) is 11.4 Å². The Bertz CT molecular complexity index is 555. The summed E-state index contributed by atoms with van der Waals surface area (Å²) in [6, 6.07) is 4.93. The lowest BCUT2D eigenvalue weighted by Gasteiger charge is -1.97. The first-order chi connectivity index (χ1) is 7.20. The highest BCUT2D eigenvalue weighted by Gasteiger charge is 2.07. The Morgan fingerprint density at radius 3 is 3.00 bits per heavy atom. The number of hydrogen-bond donors (Lipinski definition) is 1. The van der Waals surface area contributed by atoms with E-state index >= 15 is 0 Å². The number of carbonyl (C=O) groups excluding carboxylic acids is 1. The number of oxazole rings is 1. The van der Waals surface area contributed by atoms with E-state index in [1.165, 1.54) is 0 Å². The maximum Gasteiger partial charge on any atom is 0.417 e. The number of H-pyrrole nitrogens is 1. The maximum atomic E-state index is 11.5. The second-order valence-electron chi connectivity index (χ2n) is 3.09. The molecule has 0 spiro atoms. The minimum absolute atomic E-state index is 0.0256. The minimum atomic E-state index is -0.505. The zero-order valence-corrected chi connectivity index (χ0v) is 9.33. The van der Waals surface area contributed by atoms with E-state index in [0.29, 0.717) is 28.4 Å². The van der Waals surface area contributed by atoms with E-state index in [9.17, 15) is 9.59 Å². The summed E-state index contributed by atoms with van der Waals surface area (Å²) in [5, 5.41) is 0.626. The Hall–Kier alpha value is -1.36. The predicted molar refractivity (Wildman–Crippen MR) is 59.6 cm³/mol. The van der Waals surface area contributed by atoms with Crippen LogP contribution in [0.4, 0.5) is 0 Å². The zero-order chi connectivity index (χ0) is 10.8. The molecule has 0 aliphatic heterocycles. The lowest BCUT2D eigenvalue weighted by molar-refractivity contribution is 0.0990. The van der Waals surface area contributed by atoms with Gasteiger partial charge >= 0.3 is 5.76 Å². The molecule has 0 radical (unpaired) electrons. The van der Waals surface area contributed by atoms with Gasteiger partial charge in [-0.25, -0.2) is 4.79 Å². The minimum Gasteiger partial charge on any atom is -0.408 e. The van der Waals surface area contributed by atoms with Crippen LogP contribution in [-0.4, -0.2) is 16.1 Å². The quantitative estimate of drug-likeness (QED) is 0.686. The summed E-state index contributed by atoms with van der Waals surface area (Å²) in [5.74, 6) is -0.479. The molecule has 0 saturated carbocycles. The van der Waals surface area contributed by atoms with Gasteiger partial charge in [-0.3, -0.25) is 9.78 Å². The van der Waals surface area contributed by atoms with Gasteiger partial charge in [-0.2, -0.15) is 0 Å². The summed E-state index contributed by atoms with van der Waals surface area (Å²) >= 11 is 3.20. The van der Waals surface area contributed by atoms with Crippen molar-refractivity contribution in [2.75, 3.05) is 5.33 Å². The second-order valence-corrected chi connectivity index (χ2v) is 3.88. The van der Waals surface area contributed by atoms with Crippen LogP contribution in [0.25, 0.3) is 11.1 Å². The average molecular weight is 270 g/mol. The fraction of sp³-hybridized carbons (Fsp3) is 0.200. The van der Waals surface area contributed by atoms with E-state index in [1.54, 1.807) is 18.2 Å². The number of benzene rings is 1. The van der Waals surface area contributed by atoms with E-state index in [1.807, 2.05) is 0 Å². The van der Waals surface area contributed by atoms with Crippen molar-refractivity contribution in [1.29, 1.82) is 0 Å². The molecule has 0 atom stereocenters. The highest BCUT2D eigenvalue weighted by Crippen LogP contribution is 2.14. The van der Waals surface area contributed by atoms with Crippen molar-refractivity contribution in [2.24, 2.45) is 0 Å². The van der Waals surface area contributed by atoms with Gasteiger partial charge in [0, 0.05) is 17.3 Å². The highest BCUT2D eigenvalue weighted by atomic mass is 79.9. The van der Waals surface area contributed by atoms with Crippen molar-refractivity contribution in [3.05, 3.63) is 34.3 Å². The number of ketones is 1. The Morgan fingerprint density at radius 1 is 1.47 bits per heavy atom. The molecule has 0 saturated heterocycles. The Balaban J connectivity index is 2.46. The van der Waals surface area contributed by atoms with Crippen LogP contribution in [-0.2, 0) is 0 Å². The third kappa shape index (κ3) is 2.02. The summed E-state index contributed by atoms with van der Waals surface area (Å²) in [6.45, 7) is 0. The topological polar surface area (TPSA) is 63.1 Å². The summed E-state index contributed by atoms with van der Waals surface area (Å²) < 4.78 is 4.86. The predicted octanol–water partition coefficient (Wildman–Crippen LogP) is 2.09. The SMILES string of the molecule is O=C(CCBr)c1ccc2[nH]c(=O)oc2c1. The van der Waals surface area contributed by atoms with Gasteiger partial charge in [0.25, 0.3) is 0 Å². The summed E-state index contributed by atoms with van der Waals surface area (Å²) in [6.07, 6.45) is 0.431. The third-order valence-corrected chi connectivity index (χ3v) is 2.46. The van der Waals surface area contributed by atoms with Crippen LogP contribution >= 0.6 is 15.9 Å². The molecule has 4 nitrogen and oxygen atoms in total. The fourth-order valence-corrected chi connectivity index (χ4v) is 1.71. The molecule has 1 heterocycles. The molecule has 5 heteroatoms. The van der Waals surface area contributed by atoms with Crippen molar-refractivity contribution in [3.63, 3.8) is 0 Å². The van der Waals surface area contributed by atoms with Crippen LogP contribution in [0.2, 0.25) is 0 Å². The van der Waals surface area contributed by atoms with Crippen LogP contribution in [0.1, 0.15) is 16.8 Å². The summed E-state index contributed by atoms with van der Waals surface area (Å²) in [5.41, 5.74) is 1.58.